The summed E-state index contributed by atoms with van der Waals surface area (Å²) in [5.41, 5.74) is 6.94. The molecule has 1 aromatic rings. The number of benzene rings is 1. The molecule has 0 saturated carbocycles. The highest BCUT2D eigenvalue weighted by molar-refractivity contribution is 5.83. The molecule has 0 aliphatic rings. The van der Waals surface area contributed by atoms with Gasteiger partial charge in [0.2, 0.25) is 5.91 Å². The van der Waals surface area contributed by atoms with Crippen molar-refractivity contribution in [1.82, 2.24) is 5.32 Å². The predicted octanol–water partition coefficient (Wildman–Crippen LogP) is 1.45. The van der Waals surface area contributed by atoms with Gasteiger partial charge in [-0.3, -0.25) is 4.79 Å². The second kappa shape index (κ2) is 7.53. The van der Waals surface area contributed by atoms with Crippen LogP contribution in [0.5, 0.6) is 0 Å². The quantitative estimate of drug-likeness (QED) is 0.695. The van der Waals surface area contributed by atoms with Crippen LogP contribution in [-0.4, -0.2) is 23.0 Å². The summed E-state index contributed by atoms with van der Waals surface area (Å²) >= 11 is 0. The van der Waals surface area contributed by atoms with Crippen LogP contribution in [0.2, 0.25) is 0 Å². The van der Waals surface area contributed by atoms with Crippen molar-refractivity contribution in [3.05, 3.63) is 35.9 Å². The number of nitrogens with two attached hydrogens (primary N) is 1. The molecule has 0 heterocycles. The number of carbonyl (C=O) groups excluding carboxylic acids is 1. The van der Waals surface area contributed by atoms with Gasteiger partial charge in [-0.1, -0.05) is 37.3 Å². The molecule has 1 aromatic carbocycles. The van der Waals surface area contributed by atoms with Gasteiger partial charge in [0.25, 0.3) is 0 Å². The number of hydrogen-bond acceptors (Lipinski definition) is 3. The van der Waals surface area contributed by atoms with Crippen LogP contribution in [0.4, 0.5) is 0 Å². The summed E-state index contributed by atoms with van der Waals surface area (Å²) in [4.78, 5) is 22.4. The van der Waals surface area contributed by atoms with E-state index in [1.54, 1.807) is 6.92 Å². The summed E-state index contributed by atoms with van der Waals surface area (Å²) in [5.74, 6) is -1.29. The molecule has 0 saturated heterocycles. The molecule has 0 radical (unpaired) electrons. The van der Waals surface area contributed by atoms with Crippen molar-refractivity contribution in [1.29, 1.82) is 0 Å². The Morgan fingerprint density at radius 2 is 1.95 bits per heavy atom. The van der Waals surface area contributed by atoms with Gasteiger partial charge in [0.15, 0.2) is 0 Å². The van der Waals surface area contributed by atoms with E-state index in [1.807, 2.05) is 30.3 Å². The molecule has 1 rings (SSSR count). The van der Waals surface area contributed by atoms with Crippen molar-refractivity contribution >= 4 is 11.9 Å². The van der Waals surface area contributed by atoms with Crippen LogP contribution >= 0.6 is 0 Å². The third-order valence-electron chi connectivity index (χ3n) is 2.95. The Bertz CT molecular complexity index is 420. The number of carboxylic acid groups (broad SMARTS) is 1. The molecule has 5 nitrogen and oxygen atoms in total. The summed E-state index contributed by atoms with van der Waals surface area (Å²) in [7, 11) is 0. The molecule has 4 N–H and O–H groups in total. The van der Waals surface area contributed by atoms with Gasteiger partial charge in [-0.05, 0) is 18.4 Å². The van der Waals surface area contributed by atoms with Crippen LogP contribution in [0.25, 0.3) is 0 Å². The summed E-state index contributed by atoms with van der Waals surface area (Å²) < 4.78 is 0. The lowest BCUT2D eigenvalue weighted by atomic mass is 10.0. The molecule has 0 aliphatic heterocycles. The molecule has 19 heavy (non-hydrogen) atoms. The molecule has 104 valence electrons. The lowest BCUT2D eigenvalue weighted by Crippen LogP contribution is -2.40. The summed E-state index contributed by atoms with van der Waals surface area (Å²) in [5, 5.41) is 11.3. The number of aliphatic carboxylic acids is 1. The molecule has 2 atom stereocenters. The molecule has 0 aliphatic carbocycles. The Labute approximate surface area is 112 Å². The van der Waals surface area contributed by atoms with Crippen LogP contribution in [0.3, 0.4) is 0 Å². The second-order valence-electron chi connectivity index (χ2n) is 4.42. The van der Waals surface area contributed by atoms with Gasteiger partial charge in [0, 0.05) is 12.5 Å². The van der Waals surface area contributed by atoms with Gasteiger partial charge in [0.05, 0.1) is 0 Å². The van der Waals surface area contributed by atoms with Crippen molar-refractivity contribution in [3.8, 4) is 0 Å². The van der Waals surface area contributed by atoms with Gasteiger partial charge in [0.1, 0.15) is 6.04 Å². The van der Waals surface area contributed by atoms with Crippen LogP contribution in [-0.2, 0) is 9.59 Å². The highest BCUT2D eigenvalue weighted by atomic mass is 16.4. The average molecular weight is 264 g/mol. The maximum absolute atomic E-state index is 11.6. The minimum atomic E-state index is -1.01. The number of amides is 1. The van der Waals surface area contributed by atoms with E-state index >= 15 is 0 Å². The first-order valence-electron chi connectivity index (χ1n) is 6.37. The Kier molecular flexibility index (Phi) is 6.02. The highest BCUT2D eigenvalue weighted by Gasteiger charge is 2.17. The van der Waals surface area contributed by atoms with Gasteiger partial charge in [-0.2, -0.15) is 0 Å². The predicted molar refractivity (Wildman–Crippen MR) is 72.5 cm³/mol. The molecule has 0 aromatic heterocycles. The Morgan fingerprint density at radius 3 is 2.47 bits per heavy atom. The number of carbonyl (C=O) groups is 2. The first-order chi connectivity index (χ1) is 9.04. The van der Waals surface area contributed by atoms with Crippen LogP contribution in [0.1, 0.15) is 37.8 Å². The fourth-order valence-corrected chi connectivity index (χ4v) is 1.76. The standard InChI is InChI=1S/C14H20N2O3/c1-2-12(14(18)19)16-13(17)9-8-11(15)10-6-4-3-5-7-10/h3-7,11-12H,2,8-9,15H2,1H3,(H,16,17)(H,18,19). The van der Waals surface area contributed by atoms with Gasteiger partial charge in [-0.15, -0.1) is 0 Å². The minimum absolute atomic E-state index is 0.211. The van der Waals surface area contributed by atoms with Crippen molar-refractivity contribution < 1.29 is 14.7 Å². The second-order valence-corrected chi connectivity index (χ2v) is 4.42. The summed E-state index contributed by atoms with van der Waals surface area (Å²) in [6.45, 7) is 1.72. The highest BCUT2D eigenvalue weighted by Crippen LogP contribution is 2.14. The Hall–Kier alpha value is -1.88. The molecule has 2 unspecified atom stereocenters. The smallest absolute Gasteiger partial charge is 0.326 e. The minimum Gasteiger partial charge on any atom is -0.480 e. The fraction of sp³-hybridized carbons (Fsp3) is 0.429. The molecular weight excluding hydrogens is 244 g/mol. The molecular formula is C14H20N2O3. The van der Waals surface area contributed by atoms with Crippen molar-refractivity contribution in [2.24, 2.45) is 5.73 Å². The van der Waals surface area contributed by atoms with Gasteiger partial charge >= 0.3 is 5.97 Å². The topological polar surface area (TPSA) is 92.4 Å². The fourth-order valence-electron chi connectivity index (χ4n) is 1.76. The van der Waals surface area contributed by atoms with E-state index in [9.17, 15) is 9.59 Å². The van der Waals surface area contributed by atoms with Gasteiger partial charge < -0.3 is 16.2 Å². The maximum Gasteiger partial charge on any atom is 0.326 e. The van der Waals surface area contributed by atoms with E-state index < -0.39 is 12.0 Å². The number of nitrogens with one attached hydrogen (secondary N) is 1. The van der Waals surface area contributed by atoms with Crippen LogP contribution in [0, 0.1) is 0 Å². The van der Waals surface area contributed by atoms with Crippen molar-refractivity contribution in [3.63, 3.8) is 0 Å². The Balaban J connectivity index is 2.40. The summed E-state index contributed by atoms with van der Waals surface area (Å²) in [6, 6.07) is 8.49. The van der Waals surface area contributed by atoms with E-state index in [1.165, 1.54) is 0 Å². The third-order valence-corrected chi connectivity index (χ3v) is 2.95. The molecule has 1 amide bonds. The monoisotopic (exact) mass is 264 g/mol. The maximum atomic E-state index is 11.6. The number of rotatable bonds is 7. The first kappa shape index (κ1) is 15.2. The molecule has 5 heteroatoms. The van der Waals surface area contributed by atoms with Crippen molar-refractivity contribution in [2.45, 2.75) is 38.3 Å². The van der Waals surface area contributed by atoms with E-state index in [4.69, 9.17) is 10.8 Å². The zero-order valence-electron chi connectivity index (χ0n) is 11.0. The third kappa shape index (κ3) is 5.09. The average Bonchev–Trinajstić information content (AvgIpc) is 2.42. The molecule has 0 spiro atoms. The van der Waals surface area contributed by atoms with E-state index in [-0.39, 0.29) is 18.4 Å². The van der Waals surface area contributed by atoms with Gasteiger partial charge in [-0.25, -0.2) is 4.79 Å². The first-order valence-corrected chi connectivity index (χ1v) is 6.37. The normalized spacial score (nSPS) is 13.6. The SMILES string of the molecule is CCC(NC(=O)CCC(N)c1ccccc1)C(=O)O. The summed E-state index contributed by atoms with van der Waals surface area (Å²) in [6.07, 6.45) is 1.08. The molecule has 0 bridgehead atoms. The van der Waals surface area contributed by atoms with E-state index in [2.05, 4.69) is 5.32 Å². The van der Waals surface area contributed by atoms with E-state index in [0.29, 0.717) is 12.8 Å². The zero-order valence-corrected chi connectivity index (χ0v) is 11.0. The van der Waals surface area contributed by atoms with Crippen LogP contribution in [0.15, 0.2) is 30.3 Å². The van der Waals surface area contributed by atoms with Crippen molar-refractivity contribution in [2.75, 3.05) is 0 Å². The van der Waals surface area contributed by atoms with Crippen LogP contribution < -0.4 is 11.1 Å². The largest absolute Gasteiger partial charge is 0.480 e. The lowest BCUT2D eigenvalue weighted by Gasteiger charge is -2.14. The zero-order chi connectivity index (χ0) is 14.3. The molecule has 0 fully saturated rings. The number of hydrogen-bond donors (Lipinski definition) is 3. The lowest BCUT2D eigenvalue weighted by molar-refractivity contribution is -0.141. The van der Waals surface area contributed by atoms with E-state index in [0.717, 1.165) is 5.56 Å². The number of carboxylic acids is 1. The Morgan fingerprint density at radius 1 is 1.32 bits per heavy atom.